The maximum Gasteiger partial charge on any atom is 0.277 e. The fraction of sp³-hybridized carbons (Fsp3) is 1.00. The number of nitrogens with one attached hydrogen (secondary N) is 2. The van der Waals surface area contributed by atoms with Gasteiger partial charge in [0.15, 0.2) is 5.79 Å². The minimum Gasteiger partial charge on any atom is -0.348 e. The van der Waals surface area contributed by atoms with Gasteiger partial charge in [-0.2, -0.15) is 13.1 Å². The molecule has 0 unspecified atom stereocenters. The SMILES string of the molecule is CCNS(=O)(=O)NC1CCC2(CC1)OCCO2. The van der Waals surface area contributed by atoms with Crippen LogP contribution >= 0.6 is 0 Å². The Hall–Kier alpha value is -0.210. The third-order valence-electron chi connectivity index (χ3n) is 3.22. The van der Waals surface area contributed by atoms with Crippen molar-refractivity contribution in [3.8, 4) is 0 Å². The van der Waals surface area contributed by atoms with Crippen molar-refractivity contribution in [2.45, 2.75) is 44.4 Å². The molecule has 0 amide bonds. The van der Waals surface area contributed by atoms with Gasteiger partial charge in [0.2, 0.25) is 0 Å². The van der Waals surface area contributed by atoms with Crippen molar-refractivity contribution in [3.05, 3.63) is 0 Å². The van der Waals surface area contributed by atoms with Crippen LogP contribution in [0.15, 0.2) is 0 Å². The van der Waals surface area contributed by atoms with E-state index in [0.717, 1.165) is 25.7 Å². The summed E-state index contributed by atoms with van der Waals surface area (Å²) in [5, 5.41) is 0. The van der Waals surface area contributed by atoms with Crippen LogP contribution in [0.1, 0.15) is 32.6 Å². The number of rotatable bonds is 4. The van der Waals surface area contributed by atoms with Gasteiger partial charge < -0.3 is 9.47 Å². The van der Waals surface area contributed by atoms with E-state index in [9.17, 15) is 8.42 Å². The average molecular weight is 264 g/mol. The van der Waals surface area contributed by atoms with Gasteiger partial charge in [-0.05, 0) is 12.8 Å². The highest BCUT2D eigenvalue weighted by Gasteiger charge is 2.40. The second kappa shape index (κ2) is 5.19. The summed E-state index contributed by atoms with van der Waals surface area (Å²) in [5.41, 5.74) is 0. The Labute approximate surface area is 102 Å². The van der Waals surface area contributed by atoms with Crippen molar-refractivity contribution < 1.29 is 17.9 Å². The first-order valence-electron chi connectivity index (χ1n) is 6.10. The van der Waals surface area contributed by atoms with Gasteiger partial charge in [-0.25, -0.2) is 4.72 Å². The van der Waals surface area contributed by atoms with Gasteiger partial charge in [0.1, 0.15) is 0 Å². The first kappa shape index (κ1) is 13.2. The monoisotopic (exact) mass is 264 g/mol. The van der Waals surface area contributed by atoms with Crippen LogP contribution in [0.25, 0.3) is 0 Å². The van der Waals surface area contributed by atoms with E-state index in [1.165, 1.54) is 0 Å². The summed E-state index contributed by atoms with van der Waals surface area (Å²) in [4.78, 5) is 0. The molecule has 1 aliphatic carbocycles. The predicted molar refractivity (Wildman–Crippen MR) is 62.6 cm³/mol. The zero-order chi connectivity index (χ0) is 12.4. The van der Waals surface area contributed by atoms with Gasteiger partial charge in [0, 0.05) is 25.4 Å². The van der Waals surface area contributed by atoms with Crippen LogP contribution in [0.2, 0.25) is 0 Å². The van der Waals surface area contributed by atoms with Crippen molar-refractivity contribution in [1.29, 1.82) is 0 Å². The third kappa shape index (κ3) is 3.38. The molecule has 17 heavy (non-hydrogen) atoms. The normalized spacial score (nSPS) is 25.5. The Morgan fingerprint density at radius 1 is 1.24 bits per heavy atom. The van der Waals surface area contributed by atoms with E-state index in [0.29, 0.717) is 19.8 Å². The van der Waals surface area contributed by atoms with Gasteiger partial charge in [-0.3, -0.25) is 0 Å². The smallest absolute Gasteiger partial charge is 0.277 e. The van der Waals surface area contributed by atoms with Crippen molar-refractivity contribution in [2.24, 2.45) is 0 Å². The quantitative estimate of drug-likeness (QED) is 0.756. The molecule has 1 heterocycles. The summed E-state index contributed by atoms with van der Waals surface area (Å²) >= 11 is 0. The maximum absolute atomic E-state index is 11.5. The molecule has 0 bridgehead atoms. The lowest BCUT2D eigenvalue weighted by atomic mass is 9.91. The second-order valence-electron chi connectivity index (χ2n) is 4.50. The molecule has 7 heteroatoms. The summed E-state index contributed by atoms with van der Waals surface area (Å²) in [6.07, 6.45) is 3.02. The Balaban J connectivity index is 1.83. The van der Waals surface area contributed by atoms with E-state index < -0.39 is 16.0 Å². The molecule has 1 aliphatic heterocycles. The molecule has 0 aromatic rings. The van der Waals surface area contributed by atoms with Crippen LogP contribution in [0.5, 0.6) is 0 Å². The molecule has 0 radical (unpaired) electrons. The first-order chi connectivity index (χ1) is 8.05. The fourth-order valence-corrected chi connectivity index (χ4v) is 3.55. The highest BCUT2D eigenvalue weighted by molar-refractivity contribution is 7.87. The molecule has 2 aliphatic rings. The van der Waals surface area contributed by atoms with E-state index in [2.05, 4.69) is 9.44 Å². The minimum absolute atomic E-state index is 0.0162. The molecule has 1 saturated carbocycles. The predicted octanol–water partition coefficient (Wildman–Crippen LogP) is 0.116. The molecule has 6 nitrogen and oxygen atoms in total. The zero-order valence-corrected chi connectivity index (χ0v) is 10.9. The van der Waals surface area contributed by atoms with Gasteiger partial charge in [0.25, 0.3) is 10.2 Å². The van der Waals surface area contributed by atoms with Crippen molar-refractivity contribution in [1.82, 2.24) is 9.44 Å². The highest BCUT2D eigenvalue weighted by atomic mass is 32.2. The van der Waals surface area contributed by atoms with Crippen LogP contribution in [-0.2, 0) is 19.7 Å². The molecule has 2 rings (SSSR count). The molecule has 2 fully saturated rings. The maximum atomic E-state index is 11.5. The Morgan fingerprint density at radius 2 is 1.82 bits per heavy atom. The lowest BCUT2D eigenvalue weighted by Crippen LogP contribution is -2.47. The van der Waals surface area contributed by atoms with Gasteiger partial charge in [0.05, 0.1) is 13.2 Å². The number of hydrogen-bond acceptors (Lipinski definition) is 4. The molecule has 0 atom stereocenters. The van der Waals surface area contributed by atoms with Crippen LogP contribution in [-0.4, -0.2) is 40.0 Å². The zero-order valence-electron chi connectivity index (χ0n) is 10.1. The minimum atomic E-state index is -3.35. The van der Waals surface area contributed by atoms with Crippen molar-refractivity contribution >= 4 is 10.2 Å². The summed E-state index contributed by atoms with van der Waals surface area (Å²) in [5.74, 6) is -0.430. The topological polar surface area (TPSA) is 76.7 Å². The van der Waals surface area contributed by atoms with Crippen LogP contribution in [0.4, 0.5) is 0 Å². The third-order valence-corrected chi connectivity index (χ3v) is 4.53. The highest BCUT2D eigenvalue weighted by Crippen LogP contribution is 2.35. The fourth-order valence-electron chi connectivity index (χ4n) is 2.41. The van der Waals surface area contributed by atoms with E-state index >= 15 is 0 Å². The van der Waals surface area contributed by atoms with E-state index in [4.69, 9.17) is 9.47 Å². The second-order valence-corrected chi connectivity index (χ2v) is 6.03. The van der Waals surface area contributed by atoms with E-state index in [1.54, 1.807) is 6.92 Å². The lowest BCUT2D eigenvalue weighted by molar-refractivity contribution is -0.178. The lowest BCUT2D eigenvalue weighted by Gasteiger charge is -2.35. The van der Waals surface area contributed by atoms with Gasteiger partial charge >= 0.3 is 0 Å². The summed E-state index contributed by atoms with van der Waals surface area (Å²) in [6.45, 7) is 3.45. The Bertz CT molecular complexity index is 341. The average Bonchev–Trinajstić information content (AvgIpc) is 2.70. The number of ether oxygens (including phenoxy) is 2. The van der Waals surface area contributed by atoms with Crippen LogP contribution in [0, 0.1) is 0 Å². The Morgan fingerprint density at radius 3 is 2.35 bits per heavy atom. The molecule has 0 aromatic carbocycles. The molecular formula is C10H20N2O4S. The Kier molecular flexibility index (Phi) is 4.04. The molecule has 100 valence electrons. The standard InChI is InChI=1S/C10H20N2O4S/c1-2-11-17(13,14)12-9-3-5-10(6-4-9)15-7-8-16-10/h9,11-12H,2-8H2,1H3. The summed E-state index contributed by atoms with van der Waals surface area (Å²) in [7, 11) is -3.35. The van der Waals surface area contributed by atoms with Crippen LogP contribution < -0.4 is 9.44 Å². The molecule has 2 N–H and O–H groups in total. The van der Waals surface area contributed by atoms with Crippen molar-refractivity contribution in [2.75, 3.05) is 19.8 Å². The number of hydrogen-bond donors (Lipinski definition) is 2. The van der Waals surface area contributed by atoms with Crippen molar-refractivity contribution in [3.63, 3.8) is 0 Å². The van der Waals surface area contributed by atoms with Crippen LogP contribution in [0.3, 0.4) is 0 Å². The van der Waals surface area contributed by atoms with Gasteiger partial charge in [-0.1, -0.05) is 6.92 Å². The largest absolute Gasteiger partial charge is 0.348 e. The molecule has 1 saturated heterocycles. The summed E-state index contributed by atoms with van der Waals surface area (Å²) < 4.78 is 39.3. The summed E-state index contributed by atoms with van der Waals surface area (Å²) in [6, 6.07) is -0.0162. The first-order valence-corrected chi connectivity index (χ1v) is 7.58. The van der Waals surface area contributed by atoms with Gasteiger partial charge in [-0.15, -0.1) is 0 Å². The molecule has 0 aromatic heterocycles. The van der Waals surface area contributed by atoms with E-state index in [-0.39, 0.29) is 6.04 Å². The van der Waals surface area contributed by atoms with E-state index in [1.807, 2.05) is 0 Å². The molecular weight excluding hydrogens is 244 g/mol. The molecule has 1 spiro atoms.